The van der Waals surface area contributed by atoms with Gasteiger partial charge in [-0.1, -0.05) is 35.9 Å². The first kappa shape index (κ1) is 13.9. The molecule has 100 valence electrons. The average Bonchev–Trinajstić information content (AvgIpc) is 2.42. The SMILES string of the molecule is CC(O)(CN)c1ccc(Oc2ccccc2Cl)cc1. The molecular formula is C15H16ClNO2. The zero-order valence-electron chi connectivity index (χ0n) is 10.6. The molecule has 0 aliphatic heterocycles. The molecule has 19 heavy (non-hydrogen) atoms. The fraction of sp³-hybridized carbons (Fsp3) is 0.200. The Morgan fingerprint density at radius 2 is 1.79 bits per heavy atom. The highest BCUT2D eigenvalue weighted by Crippen LogP contribution is 2.30. The molecule has 2 rings (SSSR count). The van der Waals surface area contributed by atoms with Crippen LogP contribution in [0.3, 0.4) is 0 Å². The normalized spacial score (nSPS) is 13.9. The van der Waals surface area contributed by atoms with Gasteiger partial charge in [-0.15, -0.1) is 0 Å². The van der Waals surface area contributed by atoms with E-state index in [-0.39, 0.29) is 6.54 Å². The molecule has 0 fully saturated rings. The molecule has 2 aromatic rings. The molecule has 0 aromatic heterocycles. The Kier molecular flexibility index (Phi) is 4.10. The molecule has 0 saturated carbocycles. The topological polar surface area (TPSA) is 55.5 Å². The Morgan fingerprint density at radius 3 is 2.37 bits per heavy atom. The van der Waals surface area contributed by atoms with Crippen LogP contribution >= 0.6 is 11.6 Å². The Labute approximate surface area is 117 Å². The minimum Gasteiger partial charge on any atom is -0.456 e. The summed E-state index contributed by atoms with van der Waals surface area (Å²) in [5.41, 5.74) is 5.25. The number of nitrogens with two attached hydrogens (primary N) is 1. The Balaban J connectivity index is 2.18. The van der Waals surface area contributed by atoms with Crippen molar-refractivity contribution in [2.24, 2.45) is 5.73 Å². The van der Waals surface area contributed by atoms with Gasteiger partial charge in [-0.05, 0) is 36.8 Å². The number of hydrogen-bond acceptors (Lipinski definition) is 3. The third-order valence-electron chi connectivity index (χ3n) is 2.94. The van der Waals surface area contributed by atoms with E-state index in [1.54, 1.807) is 43.3 Å². The van der Waals surface area contributed by atoms with E-state index in [1.165, 1.54) is 0 Å². The third-order valence-corrected chi connectivity index (χ3v) is 3.25. The molecule has 3 N–H and O–H groups in total. The monoisotopic (exact) mass is 277 g/mol. The molecular weight excluding hydrogens is 262 g/mol. The molecule has 0 radical (unpaired) electrons. The van der Waals surface area contributed by atoms with Gasteiger partial charge in [0.15, 0.2) is 0 Å². The Hall–Kier alpha value is -1.55. The summed E-state index contributed by atoms with van der Waals surface area (Å²) in [4.78, 5) is 0. The minimum atomic E-state index is -1.02. The number of aliphatic hydroxyl groups is 1. The quantitative estimate of drug-likeness (QED) is 0.901. The molecule has 0 aliphatic rings. The van der Waals surface area contributed by atoms with Crippen LogP contribution < -0.4 is 10.5 Å². The maximum absolute atomic E-state index is 10.0. The second-order valence-electron chi connectivity index (χ2n) is 4.53. The summed E-state index contributed by atoms with van der Waals surface area (Å²) in [5.74, 6) is 1.26. The van der Waals surface area contributed by atoms with Crippen molar-refractivity contribution in [3.8, 4) is 11.5 Å². The van der Waals surface area contributed by atoms with Crippen LogP contribution in [-0.2, 0) is 5.60 Å². The molecule has 1 atom stereocenters. The van der Waals surface area contributed by atoms with Crippen LogP contribution in [0.1, 0.15) is 12.5 Å². The molecule has 3 nitrogen and oxygen atoms in total. The van der Waals surface area contributed by atoms with Gasteiger partial charge in [0.05, 0.1) is 10.6 Å². The van der Waals surface area contributed by atoms with E-state index in [9.17, 15) is 5.11 Å². The van der Waals surface area contributed by atoms with Crippen LogP contribution in [0.25, 0.3) is 0 Å². The van der Waals surface area contributed by atoms with Crippen LogP contribution in [0.2, 0.25) is 5.02 Å². The van der Waals surface area contributed by atoms with Gasteiger partial charge >= 0.3 is 0 Å². The fourth-order valence-electron chi connectivity index (χ4n) is 1.65. The highest BCUT2D eigenvalue weighted by molar-refractivity contribution is 6.32. The lowest BCUT2D eigenvalue weighted by atomic mass is 9.96. The Bertz CT molecular complexity index is 552. The van der Waals surface area contributed by atoms with Gasteiger partial charge in [-0.2, -0.15) is 0 Å². The second-order valence-corrected chi connectivity index (χ2v) is 4.94. The summed E-state index contributed by atoms with van der Waals surface area (Å²) >= 11 is 6.02. The fourth-order valence-corrected chi connectivity index (χ4v) is 1.83. The standard InChI is InChI=1S/C15H16ClNO2/c1-15(18,10-17)11-6-8-12(9-7-11)19-14-5-3-2-4-13(14)16/h2-9,18H,10,17H2,1H3. The highest BCUT2D eigenvalue weighted by atomic mass is 35.5. The van der Waals surface area contributed by atoms with Crippen molar-refractivity contribution in [1.82, 2.24) is 0 Å². The van der Waals surface area contributed by atoms with Crippen molar-refractivity contribution in [2.75, 3.05) is 6.54 Å². The van der Waals surface area contributed by atoms with Gasteiger partial charge in [-0.25, -0.2) is 0 Å². The molecule has 2 aromatic carbocycles. The van der Waals surface area contributed by atoms with Gasteiger partial charge in [0.2, 0.25) is 0 Å². The number of rotatable bonds is 4. The lowest BCUT2D eigenvalue weighted by Gasteiger charge is -2.21. The molecule has 0 heterocycles. The number of halogens is 1. The van der Waals surface area contributed by atoms with Crippen molar-refractivity contribution in [3.05, 3.63) is 59.1 Å². The van der Waals surface area contributed by atoms with Crippen LogP contribution in [0, 0.1) is 0 Å². The number of ether oxygens (including phenoxy) is 1. The lowest BCUT2D eigenvalue weighted by molar-refractivity contribution is 0.0668. The van der Waals surface area contributed by atoms with Crippen molar-refractivity contribution in [1.29, 1.82) is 0 Å². The van der Waals surface area contributed by atoms with E-state index >= 15 is 0 Å². The molecule has 0 aliphatic carbocycles. The van der Waals surface area contributed by atoms with Gasteiger partial charge < -0.3 is 15.6 Å². The van der Waals surface area contributed by atoms with E-state index in [2.05, 4.69) is 0 Å². The minimum absolute atomic E-state index is 0.164. The number of hydrogen-bond donors (Lipinski definition) is 2. The van der Waals surface area contributed by atoms with Crippen molar-refractivity contribution >= 4 is 11.6 Å². The highest BCUT2D eigenvalue weighted by Gasteiger charge is 2.20. The van der Waals surface area contributed by atoms with Crippen molar-refractivity contribution in [2.45, 2.75) is 12.5 Å². The zero-order chi connectivity index (χ0) is 13.9. The largest absolute Gasteiger partial charge is 0.456 e. The first-order chi connectivity index (χ1) is 9.03. The predicted octanol–water partition coefficient (Wildman–Crippen LogP) is 3.30. The summed E-state index contributed by atoms with van der Waals surface area (Å²) in [5, 5.41) is 10.6. The second kappa shape index (κ2) is 5.61. The van der Waals surface area contributed by atoms with E-state index in [0.29, 0.717) is 16.5 Å². The molecule has 0 spiro atoms. The summed E-state index contributed by atoms with van der Waals surface area (Å²) in [7, 11) is 0. The molecule has 4 heteroatoms. The molecule has 0 amide bonds. The first-order valence-corrected chi connectivity index (χ1v) is 6.36. The predicted molar refractivity (Wildman–Crippen MR) is 76.6 cm³/mol. The van der Waals surface area contributed by atoms with E-state index in [4.69, 9.17) is 22.1 Å². The summed E-state index contributed by atoms with van der Waals surface area (Å²) in [6.07, 6.45) is 0. The van der Waals surface area contributed by atoms with Crippen LogP contribution in [0.15, 0.2) is 48.5 Å². The van der Waals surface area contributed by atoms with Gasteiger partial charge in [-0.3, -0.25) is 0 Å². The van der Waals surface area contributed by atoms with E-state index < -0.39 is 5.60 Å². The van der Waals surface area contributed by atoms with E-state index in [1.807, 2.05) is 12.1 Å². The maximum atomic E-state index is 10.0. The van der Waals surface area contributed by atoms with Crippen LogP contribution in [0.5, 0.6) is 11.5 Å². The van der Waals surface area contributed by atoms with Crippen LogP contribution in [0.4, 0.5) is 0 Å². The summed E-state index contributed by atoms with van der Waals surface area (Å²) < 4.78 is 5.67. The van der Waals surface area contributed by atoms with Crippen molar-refractivity contribution in [3.63, 3.8) is 0 Å². The summed E-state index contributed by atoms with van der Waals surface area (Å²) in [6.45, 7) is 1.84. The molecule has 0 saturated heterocycles. The van der Waals surface area contributed by atoms with Gasteiger partial charge in [0, 0.05) is 6.54 Å². The number of benzene rings is 2. The maximum Gasteiger partial charge on any atom is 0.146 e. The first-order valence-electron chi connectivity index (χ1n) is 5.98. The van der Waals surface area contributed by atoms with Gasteiger partial charge in [0.25, 0.3) is 0 Å². The third kappa shape index (κ3) is 3.26. The van der Waals surface area contributed by atoms with E-state index in [0.717, 1.165) is 5.56 Å². The molecule has 0 bridgehead atoms. The lowest BCUT2D eigenvalue weighted by Crippen LogP contribution is -2.31. The number of para-hydroxylation sites is 1. The zero-order valence-corrected chi connectivity index (χ0v) is 11.4. The average molecular weight is 278 g/mol. The van der Waals surface area contributed by atoms with Gasteiger partial charge in [0.1, 0.15) is 11.5 Å². The smallest absolute Gasteiger partial charge is 0.146 e. The molecule has 1 unspecified atom stereocenters. The van der Waals surface area contributed by atoms with Crippen LogP contribution in [-0.4, -0.2) is 11.7 Å². The van der Waals surface area contributed by atoms with Crippen molar-refractivity contribution < 1.29 is 9.84 Å². The summed E-state index contributed by atoms with van der Waals surface area (Å²) in [6, 6.07) is 14.4. The Morgan fingerprint density at radius 1 is 1.16 bits per heavy atom.